The van der Waals surface area contributed by atoms with Crippen LogP contribution in [0.15, 0.2) is 12.2 Å². The number of carbonyl (C=O) groups excluding carboxylic acids is 1. The third-order valence-electron chi connectivity index (χ3n) is 1.48. The Morgan fingerprint density at radius 1 is 1.31 bits per heavy atom. The summed E-state index contributed by atoms with van der Waals surface area (Å²) >= 11 is 0. The number of allylic oxidation sites excluding steroid dienone is 1. The van der Waals surface area contributed by atoms with Crippen LogP contribution in [0.1, 0.15) is 12.8 Å². The van der Waals surface area contributed by atoms with Gasteiger partial charge in [0.1, 0.15) is 8.07 Å². The van der Waals surface area contributed by atoms with E-state index in [1.807, 2.05) is 0 Å². The standard InChI is InChI=1S/C13H18O2Si/c1-15-13(14)11-9-7-5-6-8-10-12-16(2,3)4/h9,11H,5,7H2,1-4H3. The first-order chi connectivity index (χ1) is 7.45. The normalized spacial score (nSPS) is 10.0. The number of ether oxygens (including phenoxy) is 1. The van der Waals surface area contributed by atoms with E-state index in [0.717, 1.165) is 6.42 Å². The minimum Gasteiger partial charge on any atom is -0.466 e. The molecule has 0 spiro atoms. The van der Waals surface area contributed by atoms with Gasteiger partial charge in [0.2, 0.25) is 0 Å². The van der Waals surface area contributed by atoms with Crippen molar-refractivity contribution in [2.75, 3.05) is 7.11 Å². The molecule has 0 aliphatic heterocycles. The highest BCUT2D eigenvalue weighted by atomic mass is 28.3. The maximum atomic E-state index is 10.7. The molecule has 0 rings (SSSR count). The minimum atomic E-state index is -1.29. The quantitative estimate of drug-likeness (QED) is 0.246. The molecule has 0 aliphatic rings. The molecule has 0 fully saturated rings. The Labute approximate surface area is 99.1 Å². The zero-order valence-electron chi connectivity index (χ0n) is 10.4. The fraction of sp³-hybridized carbons (Fsp3) is 0.462. The predicted molar refractivity (Wildman–Crippen MR) is 69.3 cm³/mol. The molecule has 0 N–H and O–H groups in total. The van der Waals surface area contributed by atoms with E-state index < -0.39 is 8.07 Å². The molecule has 0 unspecified atom stereocenters. The van der Waals surface area contributed by atoms with Gasteiger partial charge in [-0.25, -0.2) is 4.79 Å². The summed E-state index contributed by atoms with van der Waals surface area (Å²) in [6.45, 7) is 6.54. The second-order valence-corrected chi connectivity index (χ2v) is 9.02. The molecule has 0 aromatic rings. The van der Waals surface area contributed by atoms with Crippen molar-refractivity contribution in [3.63, 3.8) is 0 Å². The zero-order valence-corrected chi connectivity index (χ0v) is 11.4. The highest BCUT2D eigenvalue weighted by molar-refractivity contribution is 6.83. The molecule has 0 aromatic heterocycles. The molecule has 0 radical (unpaired) electrons. The minimum absolute atomic E-state index is 0.327. The van der Waals surface area contributed by atoms with Gasteiger partial charge in [-0.2, -0.15) is 0 Å². The fourth-order valence-electron chi connectivity index (χ4n) is 0.729. The van der Waals surface area contributed by atoms with Gasteiger partial charge in [0.15, 0.2) is 0 Å². The number of unbranched alkanes of at least 4 members (excludes halogenated alkanes) is 1. The summed E-state index contributed by atoms with van der Waals surface area (Å²) in [6.07, 6.45) is 4.63. The highest BCUT2D eigenvalue weighted by Crippen LogP contribution is 1.95. The lowest BCUT2D eigenvalue weighted by molar-refractivity contribution is -0.134. The third-order valence-corrected chi connectivity index (χ3v) is 2.35. The lowest BCUT2D eigenvalue weighted by Crippen LogP contribution is -2.16. The molecule has 0 heterocycles. The summed E-state index contributed by atoms with van der Waals surface area (Å²) in [6, 6.07) is 0. The van der Waals surface area contributed by atoms with Crippen LogP contribution in [0.3, 0.4) is 0 Å². The molecule has 3 heteroatoms. The van der Waals surface area contributed by atoms with Gasteiger partial charge in [-0.05, 0) is 18.3 Å². The summed E-state index contributed by atoms with van der Waals surface area (Å²) in [5.41, 5.74) is 3.16. The number of rotatable bonds is 3. The van der Waals surface area contributed by atoms with Gasteiger partial charge in [0.05, 0.1) is 7.11 Å². The summed E-state index contributed by atoms with van der Waals surface area (Å²) in [5.74, 6) is 8.31. The SMILES string of the molecule is COC(=O)C=CCCC#CC#C[Si](C)(C)C. The van der Waals surface area contributed by atoms with Crippen LogP contribution in [0, 0.1) is 23.3 Å². The summed E-state index contributed by atoms with van der Waals surface area (Å²) in [5, 5.41) is 0. The Morgan fingerprint density at radius 2 is 2.00 bits per heavy atom. The second-order valence-electron chi connectivity index (χ2n) is 4.27. The zero-order chi connectivity index (χ0) is 12.4. The van der Waals surface area contributed by atoms with Crippen molar-refractivity contribution in [3.05, 3.63) is 12.2 Å². The van der Waals surface area contributed by atoms with E-state index >= 15 is 0 Å². The average molecular weight is 234 g/mol. The largest absolute Gasteiger partial charge is 0.466 e. The Morgan fingerprint density at radius 3 is 2.56 bits per heavy atom. The molecule has 0 atom stereocenters. The lowest BCUT2D eigenvalue weighted by Gasteiger charge is -2.01. The van der Waals surface area contributed by atoms with Crippen molar-refractivity contribution < 1.29 is 9.53 Å². The van der Waals surface area contributed by atoms with Gasteiger partial charge in [0, 0.05) is 12.5 Å². The molecular weight excluding hydrogens is 216 g/mol. The molecule has 0 bridgehead atoms. The third kappa shape index (κ3) is 10.6. The van der Waals surface area contributed by atoms with Gasteiger partial charge < -0.3 is 4.74 Å². The Kier molecular flexibility index (Phi) is 7.08. The van der Waals surface area contributed by atoms with E-state index in [4.69, 9.17) is 0 Å². The van der Waals surface area contributed by atoms with Crippen molar-refractivity contribution in [1.82, 2.24) is 0 Å². The van der Waals surface area contributed by atoms with Crippen LogP contribution in [0.5, 0.6) is 0 Å². The van der Waals surface area contributed by atoms with Crippen molar-refractivity contribution >= 4 is 14.0 Å². The van der Waals surface area contributed by atoms with Crippen LogP contribution in [0.25, 0.3) is 0 Å². The van der Waals surface area contributed by atoms with Crippen LogP contribution >= 0.6 is 0 Å². The molecule has 0 amide bonds. The Hall–Kier alpha value is -1.45. The second kappa shape index (κ2) is 7.79. The smallest absolute Gasteiger partial charge is 0.330 e. The fourth-order valence-corrected chi connectivity index (χ4v) is 1.17. The lowest BCUT2D eigenvalue weighted by atomic mass is 10.3. The topological polar surface area (TPSA) is 26.3 Å². The average Bonchev–Trinajstić information content (AvgIpc) is 2.20. The molecule has 0 saturated carbocycles. The summed E-state index contributed by atoms with van der Waals surface area (Å²) in [7, 11) is 0.0684. The summed E-state index contributed by atoms with van der Waals surface area (Å²) in [4.78, 5) is 10.7. The van der Waals surface area contributed by atoms with Crippen molar-refractivity contribution in [1.29, 1.82) is 0 Å². The van der Waals surface area contributed by atoms with Gasteiger partial charge in [0.25, 0.3) is 0 Å². The van der Waals surface area contributed by atoms with Crippen LogP contribution in [0.4, 0.5) is 0 Å². The summed E-state index contributed by atoms with van der Waals surface area (Å²) < 4.78 is 4.45. The van der Waals surface area contributed by atoms with Gasteiger partial charge in [-0.3, -0.25) is 0 Å². The first kappa shape index (κ1) is 14.5. The molecule has 2 nitrogen and oxygen atoms in total. The van der Waals surface area contributed by atoms with Gasteiger partial charge in [-0.1, -0.05) is 31.6 Å². The predicted octanol–water partition coefficient (Wildman–Crippen LogP) is 2.38. The van der Waals surface area contributed by atoms with Crippen molar-refractivity contribution in [3.8, 4) is 23.3 Å². The molecule has 0 aromatic carbocycles. The molecule has 16 heavy (non-hydrogen) atoms. The maximum Gasteiger partial charge on any atom is 0.330 e. The van der Waals surface area contributed by atoms with Crippen molar-refractivity contribution in [2.45, 2.75) is 32.5 Å². The molecular formula is C13H18O2Si. The van der Waals surface area contributed by atoms with E-state index in [-0.39, 0.29) is 5.97 Å². The van der Waals surface area contributed by atoms with Gasteiger partial charge >= 0.3 is 5.97 Å². The molecule has 86 valence electrons. The number of hydrogen-bond donors (Lipinski definition) is 0. The van der Waals surface area contributed by atoms with E-state index in [2.05, 4.69) is 47.7 Å². The number of carbonyl (C=O) groups is 1. The Balaban J connectivity index is 3.83. The van der Waals surface area contributed by atoms with Crippen molar-refractivity contribution in [2.24, 2.45) is 0 Å². The number of methoxy groups -OCH3 is 1. The number of esters is 1. The van der Waals surface area contributed by atoms with Crippen LogP contribution < -0.4 is 0 Å². The van der Waals surface area contributed by atoms with Crippen LogP contribution in [0.2, 0.25) is 19.6 Å². The maximum absolute atomic E-state index is 10.7. The van der Waals surface area contributed by atoms with Crippen LogP contribution in [-0.4, -0.2) is 21.2 Å². The van der Waals surface area contributed by atoms with Gasteiger partial charge in [-0.15, -0.1) is 5.54 Å². The number of hydrogen-bond acceptors (Lipinski definition) is 2. The monoisotopic (exact) mass is 234 g/mol. The van der Waals surface area contributed by atoms with E-state index in [0.29, 0.717) is 6.42 Å². The van der Waals surface area contributed by atoms with Crippen LogP contribution in [-0.2, 0) is 9.53 Å². The first-order valence-electron chi connectivity index (χ1n) is 5.20. The van der Waals surface area contributed by atoms with E-state index in [1.165, 1.54) is 13.2 Å². The van der Waals surface area contributed by atoms with E-state index in [9.17, 15) is 4.79 Å². The first-order valence-corrected chi connectivity index (χ1v) is 8.70. The molecule has 0 aliphatic carbocycles. The highest BCUT2D eigenvalue weighted by Gasteiger charge is 2.06. The molecule has 0 saturated heterocycles. The Bertz CT molecular complexity index is 367. The van der Waals surface area contributed by atoms with E-state index in [1.54, 1.807) is 6.08 Å².